The SMILES string of the molecule is NC1c2nc(Cl)sc2CC12CCN(c1ncc(Sc3ccnc(Cl)c3Cl)[nH]c1=O)CC2. The number of anilines is 1. The van der Waals surface area contributed by atoms with Gasteiger partial charge in [0.15, 0.2) is 10.3 Å². The number of nitrogens with zero attached hydrogens (tertiary/aromatic N) is 4. The van der Waals surface area contributed by atoms with Gasteiger partial charge in [0.2, 0.25) is 0 Å². The van der Waals surface area contributed by atoms with Crippen molar-refractivity contribution in [3.05, 3.63) is 54.0 Å². The smallest absolute Gasteiger partial charge is 0.291 e. The number of aromatic nitrogens is 4. The van der Waals surface area contributed by atoms with Crippen molar-refractivity contribution in [1.82, 2.24) is 19.9 Å². The summed E-state index contributed by atoms with van der Waals surface area (Å²) in [4.78, 5) is 32.3. The highest BCUT2D eigenvalue weighted by Gasteiger charge is 2.48. The molecule has 1 fully saturated rings. The van der Waals surface area contributed by atoms with E-state index in [4.69, 9.17) is 40.5 Å². The lowest BCUT2D eigenvalue weighted by Crippen LogP contribution is -2.46. The summed E-state index contributed by atoms with van der Waals surface area (Å²) < 4.78 is 0.553. The molecule has 31 heavy (non-hydrogen) atoms. The average molecular weight is 516 g/mol. The van der Waals surface area contributed by atoms with Crippen LogP contribution >= 0.6 is 57.9 Å². The standard InChI is InChI=1S/C19H17Cl3N6OS2/c20-12-9(1-4-24-15(12)21)30-11-8-25-16(17(29)26-11)28-5-2-19(3-6-28)7-10-13(14(19)23)27-18(22)31-10/h1,4,8,14H,2-3,5-7,23H2,(H,26,29). The molecule has 4 heterocycles. The summed E-state index contributed by atoms with van der Waals surface area (Å²) in [5.74, 6) is 0.417. The van der Waals surface area contributed by atoms with E-state index in [1.54, 1.807) is 18.5 Å². The maximum Gasteiger partial charge on any atom is 0.291 e. The lowest BCUT2D eigenvalue weighted by atomic mass is 9.73. The number of piperidine rings is 1. The molecule has 1 unspecified atom stereocenters. The summed E-state index contributed by atoms with van der Waals surface area (Å²) in [6, 6.07) is 1.62. The molecule has 5 rings (SSSR count). The van der Waals surface area contributed by atoms with Gasteiger partial charge in [0.05, 0.1) is 28.0 Å². The summed E-state index contributed by atoms with van der Waals surface area (Å²) in [5, 5.41) is 1.15. The predicted molar refractivity (Wildman–Crippen MR) is 125 cm³/mol. The second kappa shape index (κ2) is 8.20. The molecule has 0 radical (unpaired) electrons. The third-order valence-corrected chi connectivity index (χ3v) is 9.04. The third kappa shape index (κ3) is 3.85. The van der Waals surface area contributed by atoms with Gasteiger partial charge in [-0.3, -0.25) is 4.79 Å². The Hall–Kier alpha value is -1.36. The van der Waals surface area contributed by atoms with Gasteiger partial charge in [0.25, 0.3) is 5.56 Å². The molecule has 7 nitrogen and oxygen atoms in total. The van der Waals surface area contributed by atoms with E-state index in [1.807, 2.05) is 4.90 Å². The molecule has 1 aliphatic carbocycles. The first-order valence-electron chi connectivity index (χ1n) is 9.59. The van der Waals surface area contributed by atoms with E-state index in [0.717, 1.165) is 25.0 Å². The van der Waals surface area contributed by atoms with E-state index in [9.17, 15) is 4.79 Å². The van der Waals surface area contributed by atoms with Crippen LogP contribution in [0.1, 0.15) is 29.5 Å². The van der Waals surface area contributed by atoms with Crippen molar-refractivity contribution in [3.63, 3.8) is 0 Å². The Kier molecular flexibility index (Phi) is 5.69. The van der Waals surface area contributed by atoms with Crippen LogP contribution in [0.3, 0.4) is 0 Å². The van der Waals surface area contributed by atoms with Crippen LogP contribution in [0.25, 0.3) is 0 Å². The maximum atomic E-state index is 12.7. The molecule has 1 atom stereocenters. The van der Waals surface area contributed by atoms with Gasteiger partial charge in [-0.05, 0) is 30.7 Å². The molecule has 1 spiro atoms. The fourth-order valence-corrected chi connectivity index (χ4v) is 6.93. The van der Waals surface area contributed by atoms with Crippen LogP contribution in [0.15, 0.2) is 33.2 Å². The summed E-state index contributed by atoms with van der Waals surface area (Å²) in [6.45, 7) is 1.43. The van der Waals surface area contributed by atoms with Gasteiger partial charge in [-0.15, -0.1) is 11.3 Å². The van der Waals surface area contributed by atoms with Crippen molar-refractivity contribution in [1.29, 1.82) is 0 Å². The largest absolute Gasteiger partial charge is 0.352 e. The van der Waals surface area contributed by atoms with Crippen molar-refractivity contribution < 1.29 is 0 Å². The van der Waals surface area contributed by atoms with Gasteiger partial charge in [-0.25, -0.2) is 15.0 Å². The second-order valence-corrected chi connectivity index (χ2v) is 11.2. The molecule has 0 aromatic carbocycles. The molecule has 3 aromatic heterocycles. The van der Waals surface area contributed by atoms with E-state index >= 15 is 0 Å². The Morgan fingerprint density at radius 2 is 2.03 bits per heavy atom. The molecule has 0 amide bonds. The van der Waals surface area contributed by atoms with Crippen LogP contribution in [0, 0.1) is 5.41 Å². The minimum atomic E-state index is -0.236. The van der Waals surface area contributed by atoms with Crippen molar-refractivity contribution in [2.45, 2.75) is 35.2 Å². The number of H-pyrrole nitrogens is 1. The summed E-state index contributed by atoms with van der Waals surface area (Å²) >= 11 is 21.0. The molecule has 2 aliphatic rings. The van der Waals surface area contributed by atoms with Crippen LogP contribution < -0.4 is 16.2 Å². The first-order chi connectivity index (χ1) is 14.9. The van der Waals surface area contributed by atoms with Gasteiger partial charge < -0.3 is 15.6 Å². The van der Waals surface area contributed by atoms with Crippen molar-refractivity contribution in [2.24, 2.45) is 11.1 Å². The van der Waals surface area contributed by atoms with Crippen molar-refractivity contribution in [3.8, 4) is 0 Å². The average Bonchev–Trinajstić information content (AvgIpc) is 3.21. The van der Waals surface area contributed by atoms with E-state index < -0.39 is 0 Å². The molecule has 0 bridgehead atoms. The van der Waals surface area contributed by atoms with E-state index in [1.165, 1.54) is 28.0 Å². The summed E-state index contributed by atoms with van der Waals surface area (Å²) in [5.41, 5.74) is 7.24. The fourth-order valence-electron chi connectivity index (χ4n) is 4.33. The number of aromatic amines is 1. The maximum absolute atomic E-state index is 12.7. The monoisotopic (exact) mass is 514 g/mol. The molecule has 1 aliphatic heterocycles. The van der Waals surface area contributed by atoms with E-state index in [0.29, 0.717) is 38.3 Å². The Morgan fingerprint density at radius 1 is 1.26 bits per heavy atom. The Balaban J connectivity index is 1.29. The topological polar surface area (TPSA) is 101 Å². The van der Waals surface area contributed by atoms with Gasteiger partial charge >= 0.3 is 0 Å². The normalized spacial score (nSPS) is 19.7. The number of rotatable bonds is 3. The first-order valence-corrected chi connectivity index (χ1v) is 12.4. The van der Waals surface area contributed by atoms with Crippen molar-refractivity contribution in [2.75, 3.05) is 18.0 Å². The van der Waals surface area contributed by atoms with Crippen LogP contribution in [0.4, 0.5) is 5.82 Å². The first kappa shape index (κ1) is 21.5. The number of nitrogens with one attached hydrogen (secondary N) is 1. The number of thiazole rings is 1. The molecular formula is C19H17Cl3N6OS2. The molecule has 1 saturated heterocycles. The lowest BCUT2D eigenvalue weighted by molar-refractivity contribution is 0.186. The predicted octanol–water partition coefficient (Wildman–Crippen LogP) is 4.58. The minimum absolute atomic E-state index is 0.0187. The highest BCUT2D eigenvalue weighted by molar-refractivity contribution is 7.99. The Morgan fingerprint density at radius 3 is 2.74 bits per heavy atom. The molecule has 12 heteroatoms. The van der Waals surface area contributed by atoms with Gasteiger partial charge in [0, 0.05) is 29.1 Å². The third-order valence-electron chi connectivity index (χ3n) is 6.00. The zero-order valence-electron chi connectivity index (χ0n) is 16.1. The number of halogens is 3. The second-order valence-electron chi connectivity index (χ2n) is 7.70. The highest BCUT2D eigenvalue weighted by atomic mass is 35.5. The number of fused-ring (bicyclic) bond motifs is 1. The quantitative estimate of drug-likeness (QED) is 0.493. The van der Waals surface area contributed by atoms with Crippen LogP contribution in [-0.4, -0.2) is 33.0 Å². The Labute approximate surface area is 201 Å². The van der Waals surface area contributed by atoms with Gasteiger partial charge in [-0.2, -0.15) is 0 Å². The summed E-state index contributed by atoms with van der Waals surface area (Å²) in [6.07, 6.45) is 5.85. The molecule has 3 N–H and O–H groups in total. The zero-order chi connectivity index (χ0) is 21.8. The fraction of sp³-hybridized carbons (Fsp3) is 0.368. The number of hydrogen-bond donors (Lipinski definition) is 2. The highest BCUT2D eigenvalue weighted by Crippen LogP contribution is 2.52. The molecular weight excluding hydrogens is 499 g/mol. The number of pyridine rings is 1. The molecule has 3 aromatic rings. The van der Waals surface area contributed by atoms with Crippen molar-refractivity contribution >= 4 is 63.7 Å². The van der Waals surface area contributed by atoms with Gasteiger partial charge in [-0.1, -0.05) is 46.6 Å². The zero-order valence-corrected chi connectivity index (χ0v) is 20.0. The van der Waals surface area contributed by atoms with E-state index in [-0.39, 0.29) is 22.2 Å². The van der Waals surface area contributed by atoms with Crippen LogP contribution in [-0.2, 0) is 6.42 Å². The van der Waals surface area contributed by atoms with Crippen LogP contribution in [0.5, 0.6) is 0 Å². The molecule has 162 valence electrons. The Bertz CT molecular complexity index is 1210. The van der Waals surface area contributed by atoms with Gasteiger partial charge in [0.1, 0.15) is 5.15 Å². The number of nitrogens with two attached hydrogens (primary N) is 1. The van der Waals surface area contributed by atoms with E-state index in [2.05, 4.69) is 19.9 Å². The minimum Gasteiger partial charge on any atom is -0.352 e. The lowest BCUT2D eigenvalue weighted by Gasteiger charge is -2.42. The van der Waals surface area contributed by atoms with Crippen LogP contribution in [0.2, 0.25) is 14.6 Å². The molecule has 0 saturated carbocycles. The number of hydrogen-bond acceptors (Lipinski definition) is 8. The summed E-state index contributed by atoms with van der Waals surface area (Å²) in [7, 11) is 0.